The van der Waals surface area contributed by atoms with Gasteiger partial charge in [-0.3, -0.25) is 14.5 Å². The van der Waals surface area contributed by atoms with E-state index in [1.54, 1.807) is 4.90 Å². The maximum Gasteiger partial charge on any atom is 0.239 e. The van der Waals surface area contributed by atoms with Crippen molar-refractivity contribution in [2.75, 3.05) is 56.2 Å². The number of anilines is 2. The Morgan fingerprint density at radius 1 is 1.10 bits per heavy atom. The van der Waals surface area contributed by atoms with E-state index in [4.69, 9.17) is 4.74 Å². The number of amides is 1. The van der Waals surface area contributed by atoms with Gasteiger partial charge in [-0.15, -0.1) is 0 Å². The van der Waals surface area contributed by atoms with Crippen molar-refractivity contribution in [2.45, 2.75) is 39.2 Å². The van der Waals surface area contributed by atoms with Crippen molar-refractivity contribution >= 4 is 23.1 Å². The Morgan fingerprint density at radius 2 is 1.82 bits per heavy atom. The zero-order valence-electron chi connectivity index (χ0n) is 22.6. The molecule has 2 aromatic carbocycles. The van der Waals surface area contributed by atoms with Gasteiger partial charge in [0.2, 0.25) is 5.91 Å². The molecule has 1 saturated heterocycles. The molecular weight excluding hydrogens is 502 g/mol. The maximum absolute atomic E-state index is 14.5. The van der Waals surface area contributed by atoms with E-state index in [0.717, 1.165) is 56.7 Å². The Morgan fingerprint density at radius 3 is 2.56 bits per heavy atom. The van der Waals surface area contributed by atoms with Crippen molar-refractivity contribution < 1.29 is 23.1 Å². The fraction of sp³-hybridized carbons (Fsp3) is 0.467. The zero-order valence-corrected chi connectivity index (χ0v) is 22.6. The van der Waals surface area contributed by atoms with Gasteiger partial charge in [0.15, 0.2) is 5.78 Å². The first kappa shape index (κ1) is 27.3. The molecule has 0 bridgehead atoms. The minimum atomic E-state index is -0.830. The summed E-state index contributed by atoms with van der Waals surface area (Å²) < 4.78 is 34.4. The Labute approximate surface area is 228 Å². The maximum atomic E-state index is 14.5. The van der Waals surface area contributed by atoms with Gasteiger partial charge in [0.05, 0.1) is 37.2 Å². The van der Waals surface area contributed by atoms with Crippen molar-refractivity contribution in [2.24, 2.45) is 5.41 Å². The van der Waals surface area contributed by atoms with Gasteiger partial charge in [-0.2, -0.15) is 0 Å². The van der Waals surface area contributed by atoms with E-state index in [-0.39, 0.29) is 23.7 Å². The van der Waals surface area contributed by atoms with Gasteiger partial charge in [-0.05, 0) is 54.6 Å². The number of morpholine rings is 1. The van der Waals surface area contributed by atoms with Crippen LogP contribution in [0.4, 0.5) is 20.2 Å². The molecule has 1 amide bonds. The van der Waals surface area contributed by atoms with E-state index < -0.39 is 17.7 Å². The number of ether oxygens (including phenoxy) is 1. The highest BCUT2D eigenvalue weighted by atomic mass is 19.1. The second kappa shape index (κ2) is 11.4. The summed E-state index contributed by atoms with van der Waals surface area (Å²) in [5.74, 6) is -1.77. The summed E-state index contributed by atoms with van der Waals surface area (Å²) >= 11 is 0. The van der Waals surface area contributed by atoms with E-state index in [9.17, 15) is 18.4 Å². The highest BCUT2D eigenvalue weighted by Gasteiger charge is 2.42. The number of rotatable bonds is 7. The largest absolute Gasteiger partial charge is 0.379 e. The third-order valence-corrected chi connectivity index (χ3v) is 7.60. The van der Waals surface area contributed by atoms with E-state index in [0.29, 0.717) is 36.2 Å². The van der Waals surface area contributed by atoms with Crippen molar-refractivity contribution in [3.63, 3.8) is 0 Å². The molecule has 1 atom stereocenters. The van der Waals surface area contributed by atoms with Gasteiger partial charge in [0, 0.05) is 43.4 Å². The topological polar surface area (TPSA) is 73.9 Å². The summed E-state index contributed by atoms with van der Waals surface area (Å²) in [6.45, 7) is 8.59. The molecule has 2 aromatic rings. The molecule has 0 saturated carbocycles. The average molecular weight is 539 g/mol. The van der Waals surface area contributed by atoms with Crippen molar-refractivity contribution in [3.8, 4) is 0 Å². The van der Waals surface area contributed by atoms with Gasteiger partial charge in [0.25, 0.3) is 0 Å². The molecular formula is C30H36F2N4O3. The van der Waals surface area contributed by atoms with Crippen LogP contribution in [0.15, 0.2) is 53.7 Å². The van der Waals surface area contributed by atoms with Crippen molar-refractivity contribution in [1.82, 2.24) is 10.2 Å². The highest BCUT2D eigenvalue weighted by molar-refractivity contribution is 6.01. The van der Waals surface area contributed by atoms with Gasteiger partial charge >= 0.3 is 0 Å². The minimum Gasteiger partial charge on any atom is -0.379 e. The second-order valence-corrected chi connectivity index (χ2v) is 11.4. The van der Waals surface area contributed by atoms with Crippen molar-refractivity contribution in [3.05, 3.63) is 70.9 Å². The molecule has 0 radical (unpaired) electrons. The van der Waals surface area contributed by atoms with Crippen LogP contribution in [0.1, 0.15) is 44.7 Å². The minimum absolute atomic E-state index is 0.0769. The van der Waals surface area contributed by atoms with Crippen LogP contribution in [0.5, 0.6) is 0 Å². The summed E-state index contributed by atoms with van der Waals surface area (Å²) in [5, 5.41) is 6.45. The lowest BCUT2D eigenvalue weighted by molar-refractivity contribution is -0.120. The number of para-hydroxylation sites is 2. The zero-order chi connectivity index (χ0) is 27.6. The van der Waals surface area contributed by atoms with Crippen LogP contribution in [-0.4, -0.2) is 62.5 Å². The molecule has 5 rings (SSSR count). The lowest BCUT2D eigenvalue weighted by Crippen LogP contribution is -2.43. The Bertz CT molecular complexity index is 1250. The van der Waals surface area contributed by atoms with Crippen LogP contribution in [-0.2, 0) is 14.3 Å². The molecule has 2 heterocycles. The second-order valence-electron chi connectivity index (χ2n) is 11.4. The number of nitrogens with one attached hydrogen (secondary N) is 2. The summed E-state index contributed by atoms with van der Waals surface area (Å²) in [6.07, 6.45) is 1.70. The third-order valence-electron chi connectivity index (χ3n) is 7.60. The molecule has 0 aromatic heterocycles. The lowest BCUT2D eigenvalue weighted by Gasteiger charge is -2.38. The number of benzene rings is 2. The van der Waals surface area contributed by atoms with Gasteiger partial charge < -0.3 is 20.3 Å². The lowest BCUT2D eigenvalue weighted by atomic mass is 9.73. The first-order chi connectivity index (χ1) is 18.7. The van der Waals surface area contributed by atoms with E-state index in [2.05, 4.69) is 15.5 Å². The van der Waals surface area contributed by atoms with Crippen molar-refractivity contribution in [1.29, 1.82) is 0 Å². The molecule has 1 unspecified atom stereocenters. The number of hydrogen-bond acceptors (Lipinski definition) is 6. The number of carbonyl (C=O) groups excluding carboxylic acids is 2. The third kappa shape index (κ3) is 6.31. The molecule has 7 nitrogen and oxygen atoms in total. The monoisotopic (exact) mass is 538 g/mol. The van der Waals surface area contributed by atoms with E-state index in [1.807, 2.05) is 38.1 Å². The standard InChI is InChI=1S/C30H36F2N4O3/c1-30(2)17-24-28(26(37)18-30)29(20-14-21(31)16-22(32)15-20)36(25-7-4-3-6-23(25)34-24)19-27(38)33-8-5-9-35-10-12-39-13-11-35/h3-4,6-7,14-16,29,34H,5,8-13,17-19H2,1-2H3,(H,33,38). The number of allylic oxidation sites excluding steroid dienone is 1. The molecule has 0 spiro atoms. The van der Waals surface area contributed by atoms with Gasteiger partial charge in [-0.1, -0.05) is 26.0 Å². The molecule has 1 fully saturated rings. The van der Waals surface area contributed by atoms with E-state index in [1.165, 1.54) is 12.1 Å². The smallest absolute Gasteiger partial charge is 0.239 e. The first-order valence-electron chi connectivity index (χ1n) is 13.6. The number of halogens is 2. The molecule has 1 aliphatic carbocycles. The van der Waals surface area contributed by atoms with Crippen LogP contribution >= 0.6 is 0 Å². The number of ketones is 1. The molecule has 39 heavy (non-hydrogen) atoms. The number of carbonyl (C=O) groups is 2. The number of fused-ring (bicyclic) bond motifs is 1. The van der Waals surface area contributed by atoms with Crippen LogP contribution < -0.4 is 15.5 Å². The van der Waals surface area contributed by atoms with Crippen LogP contribution in [0, 0.1) is 17.0 Å². The Balaban J connectivity index is 1.47. The SMILES string of the molecule is CC1(C)CC(=O)C2=C(C1)Nc1ccccc1N(CC(=O)NCCCN1CCOCC1)C2c1cc(F)cc(F)c1. The van der Waals surface area contributed by atoms with Crippen LogP contribution in [0.3, 0.4) is 0 Å². The first-order valence-corrected chi connectivity index (χ1v) is 13.6. The van der Waals surface area contributed by atoms with Gasteiger partial charge in [-0.25, -0.2) is 8.78 Å². The molecule has 208 valence electrons. The number of hydrogen-bond donors (Lipinski definition) is 2. The molecule has 2 N–H and O–H groups in total. The quantitative estimate of drug-likeness (QED) is 0.509. The predicted octanol–water partition coefficient (Wildman–Crippen LogP) is 4.42. The van der Waals surface area contributed by atoms with Gasteiger partial charge in [0.1, 0.15) is 11.6 Å². The molecule has 9 heteroatoms. The molecule has 2 aliphatic heterocycles. The summed E-state index contributed by atoms with van der Waals surface area (Å²) in [5.41, 5.74) is 2.64. The summed E-state index contributed by atoms with van der Waals surface area (Å²) in [7, 11) is 0. The average Bonchev–Trinajstić information content (AvgIpc) is 3.00. The van der Waals surface area contributed by atoms with E-state index >= 15 is 0 Å². The fourth-order valence-corrected chi connectivity index (χ4v) is 5.87. The number of nitrogens with zero attached hydrogens (tertiary/aromatic N) is 2. The van der Waals surface area contributed by atoms with Crippen LogP contribution in [0.2, 0.25) is 0 Å². The summed E-state index contributed by atoms with van der Waals surface area (Å²) in [6, 6.07) is 10.0. The predicted molar refractivity (Wildman–Crippen MR) is 146 cm³/mol. The molecule has 3 aliphatic rings. The Hall–Kier alpha value is -3.30. The Kier molecular flexibility index (Phi) is 8.00. The van der Waals surface area contributed by atoms with Crippen LogP contribution in [0.25, 0.3) is 0 Å². The highest BCUT2D eigenvalue weighted by Crippen LogP contribution is 2.48. The number of Topliss-reactive ketones (excluding diaryl/α,β-unsaturated/α-hetero) is 1. The normalized spacial score (nSPS) is 21.1. The fourth-order valence-electron chi connectivity index (χ4n) is 5.87. The summed E-state index contributed by atoms with van der Waals surface area (Å²) in [4.78, 5) is 31.1.